The summed E-state index contributed by atoms with van der Waals surface area (Å²) in [4.78, 5) is 30.7. The van der Waals surface area contributed by atoms with Gasteiger partial charge in [-0.25, -0.2) is 14.8 Å². The van der Waals surface area contributed by atoms with E-state index >= 15 is 0 Å². The summed E-state index contributed by atoms with van der Waals surface area (Å²) in [6.45, 7) is 1.54. The largest absolute Gasteiger partial charge is 0.478 e. The Morgan fingerprint density at radius 1 is 1.42 bits per heavy atom. The van der Waals surface area contributed by atoms with Gasteiger partial charge in [-0.3, -0.25) is 10.1 Å². The summed E-state index contributed by atoms with van der Waals surface area (Å²) in [5, 5.41) is 11.9. The van der Waals surface area contributed by atoms with Gasteiger partial charge in [-0.2, -0.15) is 0 Å². The molecule has 0 radical (unpaired) electrons. The molecular formula is C11H8BrN3O3S. The molecule has 0 aliphatic rings. The van der Waals surface area contributed by atoms with Crippen LogP contribution in [0.4, 0.5) is 5.13 Å². The number of anilines is 1. The summed E-state index contributed by atoms with van der Waals surface area (Å²) in [7, 11) is 0. The molecule has 0 aliphatic carbocycles. The van der Waals surface area contributed by atoms with Crippen LogP contribution in [0.3, 0.4) is 0 Å². The molecule has 2 aromatic heterocycles. The summed E-state index contributed by atoms with van der Waals surface area (Å²) >= 11 is 4.51. The van der Waals surface area contributed by atoms with Gasteiger partial charge in [0.2, 0.25) is 0 Å². The minimum atomic E-state index is -1.07. The highest BCUT2D eigenvalue weighted by Crippen LogP contribution is 2.23. The van der Waals surface area contributed by atoms with E-state index in [-0.39, 0.29) is 11.3 Å². The normalized spacial score (nSPS) is 10.2. The van der Waals surface area contributed by atoms with E-state index in [2.05, 4.69) is 31.2 Å². The van der Waals surface area contributed by atoms with E-state index in [4.69, 9.17) is 5.11 Å². The number of pyridine rings is 1. The van der Waals surface area contributed by atoms with Crippen molar-refractivity contribution in [1.82, 2.24) is 9.97 Å². The molecule has 0 atom stereocenters. The van der Waals surface area contributed by atoms with Gasteiger partial charge in [0.15, 0.2) is 5.13 Å². The first kappa shape index (κ1) is 13.6. The maximum absolute atomic E-state index is 11.9. The van der Waals surface area contributed by atoms with Gasteiger partial charge in [0.05, 0.1) is 21.2 Å². The number of amides is 1. The number of nitrogens with zero attached hydrogens (tertiary/aromatic N) is 2. The first-order valence-electron chi connectivity index (χ1n) is 5.11. The lowest BCUT2D eigenvalue weighted by Crippen LogP contribution is -2.15. The molecule has 0 saturated heterocycles. The van der Waals surface area contributed by atoms with Gasteiger partial charge in [-0.05, 0) is 35.0 Å². The van der Waals surface area contributed by atoms with Crippen LogP contribution in [0.2, 0.25) is 0 Å². The van der Waals surface area contributed by atoms with Gasteiger partial charge in [-0.1, -0.05) is 11.3 Å². The fraction of sp³-hybridized carbons (Fsp3) is 0.0909. The van der Waals surface area contributed by atoms with Crippen molar-refractivity contribution in [3.63, 3.8) is 0 Å². The van der Waals surface area contributed by atoms with Crippen molar-refractivity contribution in [1.29, 1.82) is 0 Å². The minimum absolute atomic E-state index is 0.0774. The Labute approximate surface area is 120 Å². The molecule has 98 valence electrons. The van der Waals surface area contributed by atoms with E-state index in [9.17, 15) is 9.59 Å². The van der Waals surface area contributed by atoms with Crippen molar-refractivity contribution >= 4 is 44.3 Å². The number of carboxylic acids is 1. The zero-order valence-electron chi connectivity index (χ0n) is 9.68. The lowest BCUT2D eigenvalue weighted by molar-refractivity contribution is 0.0695. The Hall–Kier alpha value is -1.80. The highest BCUT2D eigenvalue weighted by Gasteiger charge is 2.14. The maximum Gasteiger partial charge on any atom is 0.337 e. The lowest BCUT2D eigenvalue weighted by Gasteiger charge is -2.04. The lowest BCUT2D eigenvalue weighted by atomic mass is 10.2. The summed E-state index contributed by atoms with van der Waals surface area (Å²) in [6.07, 6.45) is 1.58. The van der Waals surface area contributed by atoms with Crippen LogP contribution in [0.5, 0.6) is 0 Å². The third-order valence-electron chi connectivity index (χ3n) is 2.25. The molecule has 2 N–H and O–H groups in total. The number of thiazole rings is 1. The molecule has 19 heavy (non-hydrogen) atoms. The summed E-state index contributed by atoms with van der Waals surface area (Å²) in [5.41, 5.74) is 0.517. The second kappa shape index (κ2) is 5.45. The van der Waals surface area contributed by atoms with Crippen molar-refractivity contribution in [3.05, 3.63) is 39.1 Å². The van der Waals surface area contributed by atoms with Crippen LogP contribution < -0.4 is 5.32 Å². The van der Waals surface area contributed by atoms with E-state index in [1.807, 2.05) is 0 Å². The predicted molar refractivity (Wildman–Crippen MR) is 73.7 cm³/mol. The van der Waals surface area contributed by atoms with E-state index in [0.29, 0.717) is 10.8 Å². The fourth-order valence-electron chi connectivity index (χ4n) is 1.39. The first-order chi connectivity index (χ1) is 8.97. The topological polar surface area (TPSA) is 92.2 Å². The molecule has 2 aromatic rings. The number of hydrogen-bond donors (Lipinski definition) is 2. The van der Waals surface area contributed by atoms with Crippen molar-refractivity contribution in [2.24, 2.45) is 0 Å². The van der Waals surface area contributed by atoms with Crippen LogP contribution in [0.25, 0.3) is 0 Å². The maximum atomic E-state index is 11.9. The SMILES string of the molecule is Cc1nc(C(=O)Nc2ncc(Br)s2)ccc1C(=O)O. The summed E-state index contributed by atoms with van der Waals surface area (Å²) < 4.78 is 0.799. The van der Waals surface area contributed by atoms with E-state index in [0.717, 1.165) is 3.79 Å². The van der Waals surface area contributed by atoms with Crippen LogP contribution in [0.15, 0.2) is 22.1 Å². The Kier molecular flexibility index (Phi) is 3.91. The number of carboxylic acid groups (broad SMARTS) is 1. The molecule has 6 nitrogen and oxygen atoms in total. The molecule has 0 saturated carbocycles. The Morgan fingerprint density at radius 3 is 2.68 bits per heavy atom. The molecule has 0 fully saturated rings. The second-order valence-corrected chi connectivity index (χ2v) is 5.97. The summed E-state index contributed by atoms with van der Waals surface area (Å²) in [5.74, 6) is -1.50. The van der Waals surface area contributed by atoms with Crippen LogP contribution in [0.1, 0.15) is 26.5 Å². The Bertz CT molecular complexity index is 656. The minimum Gasteiger partial charge on any atom is -0.478 e. The van der Waals surface area contributed by atoms with Gasteiger partial charge >= 0.3 is 5.97 Å². The van der Waals surface area contributed by atoms with Gasteiger partial charge < -0.3 is 5.11 Å². The molecule has 1 amide bonds. The third-order valence-corrected chi connectivity index (χ3v) is 3.64. The van der Waals surface area contributed by atoms with Crippen LogP contribution in [-0.2, 0) is 0 Å². The molecular weight excluding hydrogens is 334 g/mol. The zero-order valence-corrected chi connectivity index (χ0v) is 12.1. The average Bonchev–Trinajstić information content (AvgIpc) is 2.74. The van der Waals surface area contributed by atoms with E-state index in [1.54, 1.807) is 13.1 Å². The molecule has 0 spiro atoms. The van der Waals surface area contributed by atoms with Crippen LogP contribution >= 0.6 is 27.3 Å². The number of aromatic nitrogens is 2. The third kappa shape index (κ3) is 3.15. The molecule has 0 unspecified atom stereocenters. The number of aromatic carboxylic acids is 1. The fourth-order valence-corrected chi connectivity index (χ4v) is 2.49. The smallest absolute Gasteiger partial charge is 0.337 e. The quantitative estimate of drug-likeness (QED) is 0.894. The van der Waals surface area contributed by atoms with Gasteiger partial charge in [0, 0.05) is 0 Å². The number of rotatable bonds is 3. The average molecular weight is 342 g/mol. The number of nitrogens with one attached hydrogen (secondary N) is 1. The molecule has 0 aliphatic heterocycles. The predicted octanol–water partition coefficient (Wildman–Crippen LogP) is 2.56. The highest BCUT2D eigenvalue weighted by atomic mass is 79.9. The molecule has 2 heterocycles. The first-order valence-corrected chi connectivity index (χ1v) is 6.72. The number of carbonyl (C=O) groups is 2. The standard InChI is InChI=1S/C11H8BrN3O3S/c1-5-6(10(17)18)2-3-7(14-5)9(16)15-11-13-4-8(12)19-11/h2-4H,1H3,(H,17,18)(H,13,15,16). The van der Waals surface area contributed by atoms with Gasteiger partial charge in [0.1, 0.15) is 5.69 Å². The number of halogens is 1. The molecule has 0 bridgehead atoms. The molecule has 8 heteroatoms. The van der Waals surface area contributed by atoms with Crippen molar-refractivity contribution in [2.75, 3.05) is 5.32 Å². The molecule has 2 rings (SSSR count). The summed E-state index contributed by atoms with van der Waals surface area (Å²) in [6, 6.07) is 2.73. The van der Waals surface area contributed by atoms with Crippen molar-refractivity contribution < 1.29 is 14.7 Å². The van der Waals surface area contributed by atoms with Crippen LogP contribution in [-0.4, -0.2) is 27.0 Å². The Balaban J connectivity index is 2.20. The number of aryl methyl sites for hydroxylation is 1. The van der Waals surface area contributed by atoms with E-state index < -0.39 is 11.9 Å². The monoisotopic (exact) mass is 341 g/mol. The molecule has 0 aromatic carbocycles. The van der Waals surface area contributed by atoms with E-state index in [1.165, 1.54) is 23.5 Å². The number of hydrogen-bond acceptors (Lipinski definition) is 5. The van der Waals surface area contributed by atoms with Crippen molar-refractivity contribution in [3.8, 4) is 0 Å². The van der Waals surface area contributed by atoms with Gasteiger partial charge in [0.25, 0.3) is 5.91 Å². The van der Waals surface area contributed by atoms with Crippen molar-refractivity contribution in [2.45, 2.75) is 6.92 Å². The highest BCUT2D eigenvalue weighted by molar-refractivity contribution is 9.11. The Morgan fingerprint density at radius 2 is 2.16 bits per heavy atom. The zero-order chi connectivity index (χ0) is 14.0. The number of carbonyl (C=O) groups excluding carboxylic acids is 1. The van der Waals surface area contributed by atoms with Crippen LogP contribution in [0, 0.1) is 6.92 Å². The van der Waals surface area contributed by atoms with Gasteiger partial charge in [-0.15, -0.1) is 0 Å². The second-order valence-electron chi connectivity index (χ2n) is 3.56.